The first kappa shape index (κ1) is 17.3. The Hall–Kier alpha value is -2.54. The van der Waals surface area contributed by atoms with Gasteiger partial charge in [-0.3, -0.25) is 14.6 Å². The third-order valence-electron chi connectivity index (χ3n) is 4.24. The molecule has 1 aliphatic rings. The number of rotatable bonds is 5. The number of carbonyl (C=O) groups is 1. The summed E-state index contributed by atoms with van der Waals surface area (Å²) < 4.78 is 5.52. The molecule has 1 atom stereocenters. The van der Waals surface area contributed by atoms with E-state index in [-0.39, 0.29) is 11.5 Å². The van der Waals surface area contributed by atoms with Crippen LogP contribution in [0.5, 0.6) is 0 Å². The van der Waals surface area contributed by atoms with Gasteiger partial charge in [-0.15, -0.1) is 0 Å². The van der Waals surface area contributed by atoms with Crippen LogP contribution in [-0.4, -0.2) is 45.0 Å². The second-order valence-corrected chi connectivity index (χ2v) is 6.10. The SMILES string of the molecule is CCCO[C@@H](C)C(=O)N1CCc2c(nc(-c3cccnc3)[nH]c2=O)C1. The third kappa shape index (κ3) is 3.76. The molecule has 0 aliphatic carbocycles. The second kappa shape index (κ2) is 7.57. The molecule has 7 heteroatoms. The van der Waals surface area contributed by atoms with Crippen molar-refractivity contribution in [1.82, 2.24) is 19.9 Å². The van der Waals surface area contributed by atoms with E-state index in [0.717, 1.165) is 12.0 Å². The van der Waals surface area contributed by atoms with Gasteiger partial charge >= 0.3 is 0 Å². The molecule has 2 aromatic heterocycles. The van der Waals surface area contributed by atoms with Gasteiger partial charge in [0.05, 0.1) is 12.2 Å². The van der Waals surface area contributed by atoms with Crippen LogP contribution in [0.25, 0.3) is 11.4 Å². The lowest BCUT2D eigenvalue weighted by molar-refractivity contribution is -0.143. The maximum Gasteiger partial charge on any atom is 0.254 e. The van der Waals surface area contributed by atoms with Crippen LogP contribution in [0.2, 0.25) is 0 Å². The third-order valence-corrected chi connectivity index (χ3v) is 4.24. The number of H-pyrrole nitrogens is 1. The maximum atomic E-state index is 12.5. The number of nitrogens with one attached hydrogen (secondary N) is 1. The number of aromatic nitrogens is 3. The molecule has 7 nitrogen and oxygen atoms in total. The highest BCUT2D eigenvalue weighted by Crippen LogP contribution is 2.19. The molecule has 0 spiro atoms. The molecule has 2 aromatic rings. The van der Waals surface area contributed by atoms with Crippen LogP contribution >= 0.6 is 0 Å². The number of fused-ring (bicyclic) bond motifs is 1. The Balaban J connectivity index is 1.83. The predicted octanol–water partition coefficient (Wildman–Crippen LogP) is 1.53. The summed E-state index contributed by atoms with van der Waals surface area (Å²) in [6, 6.07) is 3.63. The van der Waals surface area contributed by atoms with E-state index in [1.807, 2.05) is 13.0 Å². The topological polar surface area (TPSA) is 88.2 Å². The van der Waals surface area contributed by atoms with E-state index in [2.05, 4.69) is 15.0 Å². The summed E-state index contributed by atoms with van der Waals surface area (Å²) >= 11 is 0. The Bertz CT molecular complexity index is 804. The average molecular weight is 342 g/mol. The Labute approximate surface area is 146 Å². The Morgan fingerprint density at radius 3 is 3.04 bits per heavy atom. The lowest BCUT2D eigenvalue weighted by Crippen LogP contribution is -2.44. The van der Waals surface area contributed by atoms with Crippen molar-refractivity contribution in [2.45, 2.75) is 39.3 Å². The minimum Gasteiger partial charge on any atom is -0.369 e. The van der Waals surface area contributed by atoms with Gasteiger partial charge in [0.1, 0.15) is 11.9 Å². The van der Waals surface area contributed by atoms with Gasteiger partial charge in [-0.2, -0.15) is 0 Å². The van der Waals surface area contributed by atoms with E-state index in [9.17, 15) is 9.59 Å². The van der Waals surface area contributed by atoms with Crippen LogP contribution in [0.1, 0.15) is 31.5 Å². The monoisotopic (exact) mass is 342 g/mol. The molecule has 0 unspecified atom stereocenters. The predicted molar refractivity (Wildman–Crippen MR) is 92.9 cm³/mol. The second-order valence-electron chi connectivity index (χ2n) is 6.10. The van der Waals surface area contributed by atoms with E-state index in [1.165, 1.54) is 0 Å². The number of hydrogen-bond acceptors (Lipinski definition) is 5. The van der Waals surface area contributed by atoms with Crippen LogP contribution < -0.4 is 5.56 Å². The molecule has 3 heterocycles. The van der Waals surface area contributed by atoms with Gasteiger partial charge in [-0.05, 0) is 31.9 Å². The first-order valence-electron chi connectivity index (χ1n) is 8.53. The largest absolute Gasteiger partial charge is 0.369 e. The van der Waals surface area contributed by atoms with Crippen LogP contribution in [0.3, 0.4) is 0 Å². The van der Waals surface area contributed by atoms with Crippen molar-refractivity contribution in [1.29, 1.82) is 0 Å². The summed E-state index contributed by atoms with van der Waals surface area (Å²) in [5.74, 6) is 0.408. The van der Waals surface area contributed by atoms with Crippen LogP contribution in [0, 0.1) is 0 Å². The van der Waals surface area contributed by atoms with Crippen LogP contribution in [-0.2, 0) is 22.5 Å². The van der Waals surface area contributed by atoms with E-state index < -0.39 is 6.10 Å². The normalized spacial score (nSPS) is 14.9. The zero-order chi connectivity index (χ0) is 17.8. The number of aromatic amines is 1. The zero-order valence-corrected chi connectivity index (χ0v) is 14.5. The van der Waals surface area contributed by atoms with Gasteiger partial charge < -0.3 is 14.6 Å². The fourth-order valence-corrected chi connectivity index (χ4v) is 2.89. The van der Waals surface area contributed by atoms with Crippen molar-refractivity contribution in [3.05, 3.63) is 46.1 Å². The van der Waals surface area contributed by atoms with Gasteiger partial charge in [-0.1, -0.05) is 6.92 Å². The van der Waals surface area contributed by atoms with Gasteiger partial charge in [0.2, 0.25) is 0 Å². The molecule has 0 bridgehead atoms. The summed E-state index contributed by atoms with van der Waals surface area (Å²) in [4.78, 5) is 38.0. The Morgan fingerprint density at radius 2 is 2.32 bits per heavy atom. The van der Waals surface area contributed by atoms with Gasteiger partial charge in [-0.25, -0.2) is 4.98 Å². The summed E-state index contributed by atoms with van der Waals surface area (Å²) in [6.07, 6.45) is 4.19. The quantitative estimate of drug-likeness (QED) is 0.890. The molecule has 25 heavy (non-hydrogen) atoms. The highest BCUT2D eigenvalue weighted by Gasteiger charge is 2.27. The number of ether oxygens (including phenoxy) is 1. The minimum absolute atomic E-state index is 0.0656. The molecule has 0 radical (unpaired) electrons. The van der Waals surface area contributed by atoms with Crippen molar-refractivity contribution < 1.29 is 9.53 Å². The Morgan fingerprint density at radius 1 is 1.48 bits per heavy atom. The average Bonchev–Trinajstić information content (AvgIpc) is 2.65. The summed E-state index contributed by atoms with van der Waals surface area (Å²) in [7, 11) is 0. The van der Waals surface area contributed by atoms with Crippen molar-refractivity contribution in [2.75, 3.05) is 13.2 Å². The molecule has 1 N–H and O–H groups in total. The fraction of sp³-hybridized carbons (Fsp3) is 0.444. The zero-order valence-electron chi connectivity index (χ0n) is 14.5. The summed E-state index contributed by atoms with van der Waals surface area (Å²) in [5.41, 5.74) is 1.89. The Kier molecular flexibility index (Phi) is 5.23. The first-order chi connectivity index (χ1) is 12.1. The first-order valence-corrected chi connectivity index (χ1v) is 8.53. The molecule has 0 aromatic carbocycles. The van der Waals surface area contributed by atoms with E-state index in [4.69, 9.17) is 4.74 Å². The molecule has 132 valence electrons. The highest BCUT2D eigenvalue weighted by molar-refractivity contribution is 5.80. The van der Waals surface area contributed by atoms with E-state index in [0.29, 0.717) is 43.2 Å². The molecule has 0 fully saturated rings. The molecule has 0 saturated heterocycles. The van der Waals surface area contributed by atoms with Crippen molar-refractivity contribution >= 4 is 5.91 Å². The van der Waals surface area contributed by atoms with Crippen molar-refractivity contribution in [2.24, 2.45) is 0 Å². The van der Waals surface area contributed by atoms with Crippen LogP contribution in [0.4, 0.5) is 0 Å². The summed E-state index contributed by atoms with van der Waals surface area (Å²) in [5, 5.41) is 0. The number of pyridine rings is 1. The molecule has 1 amide bonds. The van der Waals surface area contributed by atoms with Crippen molar-refractivity contribution in [3.63, 3.8) is 0 Å². The lowest BCUT2D eigenvalue weighted by atomic mass is 10.1. The molecule has 3 rings (SSSR count). The molecule has 0 saturated carbocycles. The molecular formula is C18H22N4O3. The van der Waals surface area contributed by atoms with Crippen molar-refractivity contribution in [3.8, 4) is 11.4 Å². The van der Waals surface area contributed by atoms with E-state index in [1.54, 1.807) is 30.3 Å². The lowest BCUT2D eigenvalue weighted by Gasteiger charge is -2.30. The maximum absolute atomic E-state index is 12.5. The number of hydrogen-bond donors (Lipinski definition) is 1. The number of carbonyl (C=O) groups excluding carboxylic acids is 1. The summed E-state index contributed by atoms with van der Waals surface area (Å²) in [6.45, 7) is 5.15. The van der Waals surface area contributed by atoms with Gasteiger partial charge in [0, 0.05) is 36.7 Å². The number of amides is 1. The van der Waals surface area contributed by atoms with Gasteiger partial charge in [0.25, 0.3) is 11.5 Å². The minimum atomic E-state index is -0.485. The fourth-order valence-electron chi connectivity index (χ4n) is 2.89. The smallest absolute Gasteiger partial charge is 0.254 e. The van der Waals surface area contributed by atoms with Gasteiger partial charge in [0.15, 0.2) is 0 Å². The molecular weight excluding hydrogens is 320 g/mol. The standard InChI is InChI=1S/C18H22N4O3/c1-3-9-25-12(2)18(24)22-8-6-14-15(11-22)20-16(21-17(14)23)13-5-4-7-19-10-13/h4-5,7,10,12H,3,6,8-9,11H2,1-2H3,(H,20,21,23)/t12-/m0/s1. The highest BCUT2D eigenvalue weighted by atomic mass is 16.5. The number of nitrogens with zero attached hydrogens (tertiary/aromatic N) is 3. The van der Waals surface area contributed by atoms with Crippen LogP contribution in [0.15, 0.2) is 29.3 Å². The van der Waals surface area contributed by atoms with E-state index >= 15 is 0 Å². The molecule has 1 aliphatic heterocycles.